The molecule has 0 aliphatic rings. The van der Waals surface area contributed by atoms with Crippen LogP contribution < -0.4 is 14.8 Å². The van der Waals surface area contributed by atoms with Crippen LogP contribution in [0.1, 0.15) is 13.8 Å². The third-order valence-corrected chi connectivity index (χ3v) is 4.57. The molecular weight excluding hydrogens is 439 g/mol. The van der Waals surface area contributed by atoms with E-state index in [0.29, 0.717) is 35.1 Å². The van der Waals surface area contributed by atoms with Crippen molar-refractivity contribution in [1.82, 2.24) is 20.2 Å². The number of fused-ring (bicyclic) bond motifs is 1. The monoisotopic (exact) mass is 459 g/mol. The van der Waals surface area contributed by atoms with E-state index >= 15 is 0 Å². The topological polar surface area (TPSA) is 105 Å². The van der Waals surface area contributed by atoms with Crippen LogP contribution in [0.25, 0.3) is 22.3 Å². The molecule has 2 heterocycles. The lowest BCUT2D eigenvalue weighted by Gasteiger charge is -2.13. The first kappa shape index (κ1) is 22.3. The number of hydrogen-bond acceptors (Lipinski definition) is 7. The number of nitrogens with zero attached hydrogens (tertiary/aromatic N) is 3. The fourth-order valence-electron chi connectivity index (χ4n) is 3.15. The smallest absolute Gasteiger partial charge is 0.326 e. The van der Waals surface area contributed by atoms with Gasteiger partial charge in [0.25, 0.3) is 0 Å². The van der Waals surface area contributed by atoms with Crippen LogP contribution in [0.2, 0.25) is 0 Å². The number of aromatic nitrogens is 4. The van der Waals surface area contributed by atoms with Crippen LogP contribution in [0.5, 0.6) is 17.5 Å². The number of halogens is 3. The Morgan fingerprint density at radius 2 is 1.82 bits per heavy atom. The zero-order valence-corrected chi connectivity index (χ0v) is 17.7. The van der Waals surface area contributed by atoms with E-state index in [0.717, 1.165) is 12.1 Å². The van der Waals surface area contributed by atoms with Gasteiger partial charge in [-0.1, -0.05) is 0 Å². The van der Waals surface area contributed by atoms with E-state index in [1.54, 1.807) is 13.8 Å². The van der Waals surface area contributed by atoms with Gasteiger partial charge < -0.3 is 19.9 Å². The summed E-state index contributed by atoms with van der Waals surface area (Å²) in [6.07, 6.45) is -0.714. The number of benzene rings is 2. The average Bonchev–Trinajstić information content (AvgIpc) is 3.18. The molecule has 0 saturated heterocycles. The van der Waals surface area contributed by atoms with Crippen molar-refractivity contribution in [2.45, 2.75) is 20.0 Å². The number of aliphatic hydroxyl groups is 1. The number of ether oxygens (including phenoxy) is 2. The molecule has 33 heavy (non-hydrogen) atoms. The number of H-pyrrole nitrogens is 1. The van der Waals surface area contributed by atoms with Crippen LogP contribution in [0.4, 0.5) is 19.0 Å². The molecular formula is C22H20F3N5O3. The molecule has 0 unspecified atom stereocenters. The van der Waals surface area contributed by atoms with Crippen LogP contribution in [0.3, 0.4) is 0 Å². The van der Waals surface area contributed by atoms with Gasteiger partial charge in [-0.15, -0.1) is 0 Å². The van der Waals surface area contributed by atoms with Gasteiger partial charge in [-0.05, 0) is 38.1 Å². The van der Waals surface area contributed by atoms with E-state index in [4.69, 9.17) is 9.47 Å². The molecule has 4 rings (SSSR count). The maximum absolute atomic E-state index is 14.0. The van der Waals surface area contributed by atoms with Gasteiger partial charge in [-0.25, -0.2) is 13.2 Å². The van der Waals surface area contributed by atoms with Gasteiger partial charge in [0.2, 0.25) is 0 Å². The molecule has 172 valence electrons. The number of aromatic amines is 1. The van der Waals surface area contributed by atoms with Gasteiger partial charge in [0.05, 0.1) is 23.8 Å². The summed E-state index contributed by atoms with van der Waals surface area (Å²) in [6, 6.07) is 6.65. The van der Waals surface area contributed by atoms with Gasteiger partial charge >= 0.3 is 6.01 Å². The summed E-state index contributed by atoms with van der Waals surface area (Å²) in [5.74, 6) is -1.89. The van der Waals surface area contributed by atoms with E-state index in [-0.39, 0.29) is 29.8 Å². The Hall–Kier alpha value is -3.86. The molecule has 0 aliphatic carbocycles. The molecule has 0 spiro atoms. The molecule has 2 aromatic heterocycles. The van der Waals surface area contributed by atoms with Gasteiger partial charge in [-0.2, -0.15) is 15.1 Å². The molecule has 0 aliphatic heterocycles. The third-order valence-electron chi connectivity index (χ3n) is 4.57. The minimum Gasteiger partial charge on any atom is -0.493 e. The molecule has 0 radical (unpaired) electrons. The molecule has 11 heteroatoms. The lowest BCUT2D eigenvalue weighted by atomic mass is 10.1. The molecule has 1 atom stereocenters. The summed E-state index contributed by atoms with van der Waals surface area (Å²) in [6.45, 7) is 3.80. The average molecular weight is 459 g/mol. The molecule has 0 bridgehead atoms. The maximum atomic E-state index is 14.0. The third kappa shape index (κ3) is 4.82. The second-order valence-electron chi connectivity index (χ2n) is 7.13. The Morgan fingerprint density at radius 3 is 2.55 bits per heavy atom. The summed E-state index contributed by atoms with van der Waals surface area (Å²) in [4.78, 5) is 8.50. The Labute approximate surface area is 186 Å². The predicted molar refractivity (Wildman–Crippen MR) is 115 cm³/mol. The minimum atomic E-state index is -0.924. The second-order valence-corrected chi connectivity index (χ2v) is 7.13. The van der Waals surface area contributed by atoms with Crippen molar-refractivity contribution < 1.29 is 27.8 Å². The highest BCUT2D eigenvalue weighted by molar-refractivity contribution is 6.00. The van der Waals surface area contributed by atoms with Crippen molar-refractivity contribution in [3.8, 4) is 28.8 Å². The van der Waals surface area contributed by atoms with Crippen molar-refractivity contribution in [2.75, 3.05) is 18.5 Å². The van der Waals surface area contributed by atoms with Crippen molar-refractivity contribution in [1.29, 1.82) is 0 Å². The molecule has 0 saturated carbocycles. The van der Waals surface area contributed by atoms with Crippen molar-refractivity contribution in [2.24, 2.45) is 0 Å². The molecule has 0 amide bonds. The van der Waals surface area contributed by atoms with E-state index in [1.165, 1.54) is 18.2 Å². The standard InChI is InChI=1S/C22H20F3N5O3/c1-3-32-17-9-13(24)4-6-14(17)19-18-20(26-10-11(2)31)27-22(28-21(18)30-29-19)33-16-7-5-12(23)8-15(16)25/h4-9,11,31H,3,10H2,1-2H3,(H2,26,27,28,29,30)/t11-/m0/s1. The Morgan fingerprint density at radius 1 is 1.06 bits per heavy atom. The van der Waals surface area contributed by atoms with Crippen LogP contribution in [-0.2, 0) is 0 Å². The summed E-state index contributed by atoms with van der Waals surface area (Å²) >= 11 is 0. The first-order valence-corrected chi connectivity index (χ1v) is 10.1. The minimum absolute atomic E-state index is 0.128. The van der Waals surface area contributed by atoms with Crippen LogP contribution in [-0.4, -0.2) is 44.5 Å². The van der Waals surface area contributed by atoms with Crippen LogP contribution >= 0.6 is 0 Å². The predicted octanol–water partition coefficient (Wildman–Crippen LogP) is 4.42. The summed E-state index contributed by atoms with van der Waals surface area (Å²) < 4.78 is 52.0. The highest BCUT2D eigenvalue weighted by Crippen LogP contribution is 2.37. The molecule has 0 fully saturated rings. The van der Waals surface area contributed by atoms with Gasteiger partial charge in [0.15, 0.2) is 17.2 Å². The molecule has 3 N–H and O–H groups in total. The zero-order chi connectivity index (χ0) is 23.5. The highest BCUT2D eigenvalue weighted by Gasteiger charge is 2.21. The summed E-state index contributed by atoms with van der Waals surface area (Å²) in [7, 11) is 0. The molecule has 8 nitrogen and oxygen atoms in total. The summed E-state index contributed by atoms with van der Waals surface area (Å²) in [5, 5.41) is 20.2. The normalized spacial score (nSPS) is 12.1. The second kappa shape index (κ2) is 9.33. The molecule has 2 aromatic carbocycles. The SMILES string of the molecule is CCOc1cc(F)ccc1-c1[nH]nc2nc(Oc3ccc(F)cc3F)nc(NC[C@H](C)O)c12. The Balaban J connectivity index is 1.83. The first-order valence-electron chi connectivity index (χ1n) is 10.1. The van der Waals surface area contributed by atoms with E-state index in [9.17, 15) is 18.3 Å². The number of aliphatic hydroxyl groups excluding tert-OH is 1. The van der Waals surface area contributed by atoms with Crippen LogP contribution in [0, 0.1) is 17.5 Å². The summed E-state index contributed by atoms with van der Waals surface area (Å²) in [5.41, 5.74) is 1.13. The number of hydrogen-bond donors (Lipinski definition) is 3. The number of anilines is 1. The van der Waals surface area contributed by atoms with Crippen molar-refractivity contribution >= 4 is 16.9 Å². The fourth-order valence-corrected chi connectivity index (χ4v) is 3.15. The largest absolute Gasteiger partial charge is 0.493 e. The van der Waals surface area contributed by atoms with Gasteiger partial charge in [0, 0.05) is 24.2 Å². The highest BCUT2D eigenvalue weighted by atomic mass is 19.1. The van der Waals surface area contributed by atoms with Gasteiger partial charge in [0.1, 0.15) is 23.2 Å². The fraction of sp³-hybridized carbons (Fsp3) is 0.227. The zero-order valence-electron chi connectivity index (χ0n) is 17.7. The van der Waals surface area contributed by atoms with E-state index in [2.05, 4.69) is 25.5 Å². The van der Waals surface area contributed by atoms with Crippen molar-refractivity contribution in [3.05, 3.63) is 53.8 Å². The first-order chi connectivity index (χ1) is 15.9. The Bertz CT molecular complexity index is 1300. The van der Waals surface area contributed by atoms with E-state index in [1.807, 2.05) is 0 Å². The van der Waals surface area contributed by atoms with Gasteiger partial charge in [-0.3, -0.25) is 5.10 Å². The number of nitrogens with one attached hydrogen (secondary N) is 2. The lowest BCUT2D eigenvalue weighted by Crippen LogP contribution is -2.16. The number of rotatable bonds is 8. The maximum Gasteiger partial charge on any atom is 0.326 e. The lowest BCUT2D eigenvalue weighted by molar-refractivity contribution is 0.208. The van der Waals surface area contributed by atoms with E-state index < -0.39 is 23.6 Å². The molecule has 4 aromatic rings. The quantitative estimate of drug-likeness (QED) is 0.358. The van der Waals surface area contributed by atoms with Crippen LogP contribution in [0.15, 0.2) is 36.4 Å². The Kier molecular flexibility index (Phi) is 6.31. The van der Waals surface area contributed by atoms with Crippen molar-refractivity contribution in [3.63, 3.8) is 0 Å².